The van der Waals surface area contributed by atoms with Crippen LogP contribution >= 0.6 is 0 Å². The van der Waals surface area contributed by atoms with Crippen LogP contribution in [0.4, 0.5) is 0 Å². The Bertz CT molecular complexity index is 3210. The number of hydrogen-bond donors (Lipinski definition) is 0. The van der Waals surface area contributed by atoms with Gasteiger partial charge in [-0.25, -0.2) is 19.1 Å². The minimum atomic E-state index is 0.291. The second-order valence-corrected chi connectivity index (χ2v) is 15.9. The van der Waals surface area contributed by atoms with Crippen LogP contribution in [0.25, 0.3) is 88.9 Å². The topological polar surface area (TPSA) is 59.8 Å². The molecule has 0 N–H and O–H groups in total. The van der Waals surface area contributed by atoms with Crippen molar-refractivity contribution in [3.8, 4) is 44.8 Å². The maximum Gasteiger partial charge on any atom is 0.227 e. The maximum absolute atomic E-state index is 6.59. The number of fused-ring (bicyclic) bond motifs is 6. The van der Waals surface area contributed by atoms with Crippen LogP contribution in [0.2, 0.25) is 0 Å². The third-order valence-corrected chi connectivity index (χ3v) is 11.9. The Balaban J connectivity index is 0.936. The quantitative estimate of drug-likeness (QED) is 0.152. The first-order valence-corrected chi connectivity index (χ1v) is 20.0. The van der Waals surface area contributed by atoms with E-state index in [9.17, 15) is 0 Å². The Morgan fingerprint density at radius 2 is 1.10 bits per heavy atom. The van der Waals surface area contributed by atoms with Gasteiger partial charge >= 0.3 is 0 Å². The van der Waals surface area contributed by atoms with E-state index in [1.54, 1.807) is 6.20 Å². The number of benzene rings is 4. The minimum absolute atomic E-state index is 0.291. The van der Waals surface area contributed by atoms with Gasteiger partial charge in [-0.15, -0.1) is 0 Å². The first kappa shape index (κ1) is 35.5. The molecule has 0 aliphatic rings. The number of aromatic nitrogens is 4. The molecule has 0 radical (unpaired) electrons. The Kier molecular flexibility index (Phi) is 8.52. The van der Waals surface area contributed by atoms with Gasteiger partial charge in [0.2, 0.25) is 22.8 Å². The Morgan fingerprint density at radius 3 is 1.71 bits per heavy atom. The number of aryl methyl sites for hydroxylation is 5. The largest absolute Gasteiger partial charge is 0.437 e. The van der Waals surface area contributed by atoms with E-state index in [1.165, 1.54) is 33.4 Å². The van der Waals surface area contributed by atoms with Gasteiger partial charge in [0, 0.05) is 58.2 Å². The molecule has 4 aromatic carbocycles. The molecular weight excluding hydrogens is 713 g/mol. The fraction of sp³-hybridized carbons (Fsp3) is 0.154. The molecule has 1 unspecified atom stereocenters. The highest BCUT2D eigenvalue weighted by Crippen LogP contribution is 2.39. The summed E-state index contributed by atoms with van der Waals surface area (Å²) >= 11 is 0. The number of furan rings is 2. The van der Waals surface area contributed by atoms with E-state index in [0.717, 1.165) is 78.3 Å². The number of rotatable bonds is 7. The van der Waals surface area contributed by atoms with Crippen LogP contribution in [0, 0.1) is 20.8 Å². The average Bonchev–Trinajstić information content (AvgIpc) is 3.80. The van der Waals surface area contributed by atoms with Crippen molar-refractivity contribution in [2.45, 2.75) is 40.0 Å². The zero-order valence-electron chi connectivity index (χ0n) is 33.7. The highest BCUT2D eigenvalue weighted by atomic mass is 16.3. The Hall–Kier alpha value is -6.92. The zero-order chi connectivity index (χ0) is 39.7. The summed E-state index contributed by atoms with van der Waals surface area (Å²) in [5, 5.41) is 4.25. The van der Waals surface area contributed by atoms with Crippen molar-refractivity contribution in [2.75, 3.05) is 0 Å². The van der Waals surface area contributed by atoms with Gasteiger partial charge in [0.25, 0.3) is 0 Å². The summed E-state index contributed by atoms with van der Waals surface area (Å²) in [6, 6.07) is 41.6. The van der Waals surface area contributed by atoms with Crippen molar-refractivity contribution < 1.29 is 18.0 Å². The third-order valence-electron chi connectivity index (χ3n) is 11.9. The SMILES string of the molecule is Cc1ccc(-c2cc[n+](C)c(-c3c(C)ccc4c3oc3ncc(CC(C)c5ccc(-c6cc[n+](C)c(-c7c(C)ccc8c7oc7ncccc78)c6)cc5)cc34)c2)cc1. The van der Waals surface area contributed by atoms with E-state index >= 15 is 0 Å². The molecule has 0 aliphatic heterocycles. The standard InChI is InChI=1S/C52H44N4O2/c1-31-9-13-37(14-10-31)39-21-24-56(6)46(28-39)48-33(3)12-20-42-44-27-35(30-54-52(44)58-50(42)48)26-34(4)36-15-17-38(18-16-36)40-22-25-55(5)45(29-40)47-32(2)11-19-41-43-8-7-23-53-51(43)57-49(41)47/h7-25,27-30,34H,26H2,1-6H3/q+2. The van der Waals surface area contributed by atoms with Crippen molar-refractivity contribution in [3.63, 3.8) is 0 Å². The molecule has 0 spiro atoms. The van der Waals surface area contributed by atoms with Gasteiger partial charge < -0.3 is 8.83 Å². The normalized spacial score (nSPS) is 12.3. The van der Waals surface area contributed by atoms with Gasteiger partial charge in [0.1, 0.15) is 14.1 Å². The lowest BCUT2D eigenvalue weighted by molar-refractivity contribution is -0.660. The van der Waals surface area contributed by atoms with Gasteiger partial charge in [-0.3, -0.25) is 0 Å². The Labute approximate surface area is 337 Å². The van der Waals surface area contributed by atoms with Gasteiger partial charge in [-0.2, -0.15) is 0 Å². The van der Waals surface area contributed by atoms with Crippen LogP contribution < -0.4 is 9.13 Å². The monoisotopic (exact) mass is 756 g/mol. The summed E-state index contributed by atoms with van der Waals surface area (Å²) in [5.41, 5.74) is 18.2. The molecule has 0 amide bonds. The Morgan fingerprint density at radius 1 is 0.552 bits per heavy atom. The van der Waals surface area contributed by atoms with E-state index in [2.05, 4.69) is 177 Å². The van der Waals surface area contributed by atoms with Crippen molar-refractivity contribution in [2.24, 2.45) is 14.1 Å². The highest BCUT2D eigenvalue weighted by Gasteiger charge is 2.24. The molecule has 0 aliphatic carbocycles. The van der Waals surface area contributed by atoms with Crippen LogP contribution in [-0.4, -0.2) is 9.97 Å². The van der Waals surface area contributed by atoms with Crippen LogP contribution in [0.1, 0.15) is 40.7 Å². The maximum atomic E-state index is 6.59. The summed E-state index contributed by atoms with van der Waals surface area (Å²) in [6.45, 7) is 8.72. The number of pyridine rings is 4. The van der Waals surface area contributed by atoms with Crippen molar-refractivity contribution in [3.05, 3.63) is 168 Å². The number of nitrogens with zero attached hydrogens (tertiary/aromatic N) is 4. The summed E-state index contributed by atoms with van der Waals surface area (Å²) in [4.78, 5) is 9.36. The summed E-state index contributed by atoms with van der Waals surface area (Å²) in [7, 11) is 4.19. The molecule has 6 heterocycles. The first-order valence-electron chi connectivity index (χ1n) is 20.0. The third kappa shape index (κ3) is 6.04. The zero-order valence-corrected chi connectivity index (χ0v) is 33.7. The fourth-order valence-electron chi connectivity index (χ4n) is 8.60. The second-order valence-electron chi connectivity index (χ2n) is 15.9. The molecule has 10 aromatic rings. The van der Waals surface area contributed by atoms with Crippen LogP contribution in [0.15, 0.2) is 149 Å². The first-order chi connectivity index (χ1) is 28.2. The summed E-state index contributed by atoms with van der Waals surface area (Å²) < 4.78 is 17.3. The average molecular weight is 757 g/mol. The predicted molar refractivity (Wildman–Crippen MR) is 233 cm³/mol. The van der Waals surface area contributed by atoms with Crippen molar-refractivity contribution in [1.29, 1.82) is 0 Å². The molecule has 0 fully saturated rings. The minimum Gasteiger partial charge on any atom is -0.437 e. The lowest BCUT2D eigenvalue weighted by Gasteiger charge is -2.13. The van der Waals surface area contributed by atoms with E-state index in [4.69, 9.17) is 13.8 Å². The molecule has 58 heavy (non-hydrogen) atoms. The van der Waals surface area contributed by atoms with Gasteiger partial charge in [-0.1, -0.05) is 85.3 Å². The van der Waals surface area contributed by atoms with Gasteiger partial charge in [0.15, 0.2) is 23.6 Å². The molecule has 0 bridgehead atoms. The van der Waals surface area contributed by atoms with Gasteiger partial charge in [0.05, 0.1) is 11.1 Å². The van der Waals surface area contributed by atoms with Gasteiger partial charge in [-0.05, 0) is 95.8 Å². The van der Waals surface area contributed by atoms with E-state index < -0.39 is 0 Å². The van der Waals surface area contributed by atoms with Crippen LogP contribution in [0.3, 0.4) is 0 Å². The number of hydrogen-bond acceptors (Lipinski definition) is 4. The molecule has 6 heteroatoms. The molecule has 6 nitrogen and oxygen atoms in total. The van der Waals surface area contributed by atoms with Crippen molar-refractivity contribution >= 4 is 44.1 Å². The van der Waals surface area contributed by atoms with E-state index in [-0.39, 0.29) is 0 Å². The lowest BCUT2D eigenvalue weighted by atomic mass is 9.92. The fourth-order valence-corrected chi connectivity index (χ4v) is 8.60. The highest BCUT2D eigenvalue weighted by molar-refractivity contribution is 6.10. The summed E-state index contributed by atoms with van der Waals surface area (Å²) in [6.07, 6.45) is 8.89. The predicted octanol–water partition coefficient (Wildman–Crippen LogP) is 11.9. The molecule has 282 valence electrons. The molecule has 10 rings (SSSR count). The molecule has 6 aromatic heterocycles. The second kappa shape index (κ2) is 13.9. The van der Waals surface area contributed by atoms with Crippen LogP contribution in [0.5, 0.6) is 0 Å². The van der Waals surface area contributed by atoms with E-state index in [1.807, 2.05) is 12.3 Å². The van der Waals surface area contributed by atoms with Crippen LogP contribution in [-0.2, 0) is 20.5 Å². The molecule has 0 saturated heterocycles. The molecule has 0 saturated carbocycles. The van der Waals surface area contributed by atoms with Crippen molar-refractivity contribution in [1.82, 2.24) is 9.97 Å². The molecular formula is C52H44N4O2+2. The molecule has 1 atom stereocenters. The smallest absolute Gasteiger partial charge is 0.227 e. The summed E-state index contributed by atoms with van der Waals surface area (Å²) in [5.74, 6) is 0.291. The lowest BCUT2D eigenvalue weighted by Crippen LogP contribution is -2.30. The van der Waals surface area contributed by atoms with E-state index in [0.29, 0.717) is 17.3 Å².